The lowest BCUT2D eigenvalue weighted by Crippen LogP contribution is -2.42. The van der Waals surface area contributed by atoms with Gasteiger partial charge < -0.3 is 15.3 Å². The Balaban J connectivity index is 3.54. The maximum Gasteiger partial charge on any atom is 0.180 e. The molecule has 0 aromatic carbocycles. The first kappa shape index (κ1) is 7.01. The van der Waals surface area contributed by atoms with Crippen LogP contribution in [0.1, 0.15) is 0 Å². The van der Waals surface area contributed by atoms with Crippen LogP contribution >= 0.6 is 0 Å². The highest BCUT2D eigenvalue weighted by Crippen LogP contribution is 1.93. The van der Waals surface area contributed by atoms with Crippen LogP contribution in [0.2, 0.25) is 0 Å². The molecule has 0 aliphatic carbocycles. The zero-order valence-corrected chi connectivity index (χ0v) is 4.42. The summed E-state index contributed by atoms with van der Waals surface area (Å²) in [6.45, 7) is 0. The third kappa shape index (κ3) is 2.68. The molecule has 5 heteroatoms. The van der Waals surface area contributed by atoms with E-state index in [1.54, 1.807) is 0 Å². The highest BCUT2D eigenvalue weighted by atomic mass is 16.5. The van der Waals surface area contributed by atoms with E-state index >= 15 is 0 Å². The molecule has 3 nitrogen and oxygen atoms in total. The Bertz CT molecular complexity index is 56.4. The van der Waals surface area contributed by atoms with Gasteiger partial charge in [-0.1, -0.05) is 0 Å². The number of aliphatic hydroxyl groups is 3. The largest absolute Gasteiger partial charge is 0.398 e. The minimum Gasteiger partial charge on any atom is -0.398 e. The molecule has 0 saturated heterocycles. The van der Waals surface area contributed by atoms with Crippen molar-refractivity contribution in [2.24, 2.45) is 0 Å². The van der Waals surface area contributed by atoms with Crippen molar-refractivity contribution in [2.45, 2.75) is 11.7 Å². The molecule has 0 radical (unpaired) electrons. The first-order valence-corrected chi connectivity index (χ1v) is 2.07. The Labute approximate surface area is 43.8 Å². The maximum absolute atomic E-state index is 8.40. The molecule has 7 heavy (non-hydrogen) atoms. The van der Waals surface area contributed by atoms with Crippen molar-refractivity contribution < 1.29 is 15.3 Å². The molecular formula is C2H8B2O3. The summed E-state index contributed by atoms with van der Waals surface area (Å²) in [7, 11) is 2.43. The average molecular weight is 102 g/mol. The predicted octanol–water partition coefficient (Wildman–Crippen LogP) is -3.79. The van der Waals surface area contributed by atoms with Crippen LogP contribution in [-0.2, 0) is 0 Å². The first-order chi connectivity index (χ1) is 2.94. The van der Waals surface area contributed by atoms with Crippen molar-refractivity contribution in [1.29, 1.82) is 0 Å². The van der Waals surface area contributed by atoms with Gasteiger partial charge in [0.1, 0.15) is 13.5 Å². The molecule has 0 aliphatic heterocycles. The zero-order chi connectivity index (χ0) is 6.08. The second kappa shape index (κ2) is 1.86. The van der Waals surface area contributed by atoms with Crippen LogP contribution in [0.3, 0.4) is 0 Å². The van der Waals surface area contributed by atoms with Gasteiger partial charge in [-0.25, -0.2) is 0 Å². The summed E-state index contributed by atoms with van der Waals surface area (Å²) in [5.41, 5.74) is -1.94. The summed E-state index contributed by atoms with van der Waals surface area (Å²) in [4.78, 5) is 0. The number of rotatable bonds is 1. The van der Waals surface area contributed by atoms with E-state index in [-0.39, 0.29) is 0 Å². The SMILES string of the molecule is BC(O)C(B)(O)O. The third-order valence-corrected chi connectivity index (χ3v) is 0.791. The van der Waals surface area contributed by atoms with E-state index in [0.29, 0.717) is 0 Å². The number of hydrogen-bond donors (Lipinski definition) is 3. The minimum atomic E-state index is -1.94. The number of aliphatic hydroxyl groups excluding tert-OH is 1. The fraction of sp³-hybridized carbons (Fsp3) is 1.00. The van der Waals surface area contributed by atoms with Gasteiger partial charge in [-0.2, -0.15) is 0 Å². The molecule has 0 heterocycles. The van der Waals surface area contributed by atoms with E-state index in [2.05, 4.69) is 0 Å². The molecule has 0 aromatic heterocycles. The van der Waals surface area contributed by atoms with E-state index in [0.717, 1.165) is 7.85 Å². The molecule has 0 fully saturated rings. The lowest BCUT2D eigenvalue weighted by Gasteiger charge is -2.18. The topological polar surface area (TPSA) is 60.7 Å². The van der Waals surface area contributed by atoms with E-state index in [1.165, 1.54) is 7.85 Å². The summed E-state index contributed by atoms with van der Waals surface area (Å²) in [6, 6.07) is -1.09. The third-order valence-electron chi connectivity index (χ3n) is 0.791. The summed E-state index contributed by atoms with van der Waals surface area (Å²) in [5, 5.41) is 25.2. The van der Waals surface area contributed by atoms with Gasteiger partial charge in [-0.3, -0.25) is 0 Å². The molecule has 1 atom stereocenters. The molecule has 0 aliphatic rings. The van der Waals surface area contributed by atoms with E-state index < -0.39 is 11.7 Å². The van der Waals surface area contributed by atoms with Crippen molar-refractivity contribution in [3.05, 3.63) is 0 Å². The summed E-state index contributed by atoms with van der Waals surface area (Å²) >= 11 is 0. The van der Waals surface area contributed by atoms with Crippen LogP contribution in [-0.4, -0.2) is 42.7 Å². The van der Waals surface area contributed by atoms with E-state index in [1.807, 2.05) is 0 Å². The Morgan fingerprint density at radius 1 is 1.43 bits per heavy atom. The molecule has 3 N–H and O–H groups in total. The standard InChI is InChI=1S/C2H8B2O3/c3-1(5)2(4,6)7/h1,5-7H,3-4H2. The highest BCUT2D eigenvalue weighted by molar-refractivity contribution is 6.21. The lowest BCUT2D eigenvalue weighted by atomic mass is 9.79. The molecule has 0 rings (SSSR count). The van der Waals surface area contributed by atoms with Crippen LogP contribution in [0.5, 0.6) is 0 Å². The van der Waals surface area contributed by atoms with Crippen LogP contribution in [0.4, 0.5) is 0 Å². The molecule has 0 amide bonds. The molecule has 0 aromatic rings. The fourth-order valence-corrected chi connectivity index (χ4v) is 0. The van der Waals surface area contributed by atoms with E-state index in [4.69, 9.17) is 15.3 Å². The van der Waals surface area contributed by atoms with Crippen molar-refractivity contribution in [3.8, 4) is 0 Å². The van der Waals surface area contributed by atoms with Crippen molar-refractivity contribution in [1.82, 2.24) is 0 Å². The van der Waals surface area contributed by atoms with Gasteiger partial charge in [0, 0.05) is 0 Å². The summed E-state index contributed by atoms with van der Waals surface area (Å²) in [5.74, 6) is 0. The van der Waals surface area contributed by atoms with Crippen LogP contribution in [0, 0.1) is 0 Å². The van der Waals surface area contributed by atoms with Crippen molar-refractivity contribution in [3.63, 3.8) is 0 Å². The average Bonchev–Trinajstić information content (AvgIpc) is 1.31. The smallest absolute Gasteiger partial charge is 0.180 e. The molecule has 0 saturated carbocycles. The van der Waals surface area contributed by atoms with Gasteiger partial charge in [0.2, 0.25) is 0 Å². The van der Waals surface area contributed by atoms with Gasteiger partial charge in [0.15, 0.2) is 7.85 Å². The van der Waals surface area contributed by atoms with E-state index in [9.17, 15) is 0 Å². The monoisotopic (exact) mass is 102 g/mol. The zero-order valence-electron chi connectivity index (χ0n) is 4.42. The molecule has 0 bridgehead atoms. The number of hydrogen-bond acceptors (Lipinski definition) is 3. The second-order valence-electron chi connectivity index (χ2n) is 1.77. The predicted molar refractivity (Wildman–Crippen MR) is 30.3 cm³/mol. The Morgan fingerprint density at radius 2 is 1.57 bits per heavy atom. The molecule has 40 valence electrons. The van der Waals surface area contributed by atoms with Crippen LogP contribution < -0.4 is 0 Å². The molecule has 1 unspecified atom stereocenters. The van der Waals surface area contributed by atoms with Gasteiger partial charge in [-0.15, -0.1) is 0 Å². The fourth-order valence-electron chi connectivity index (χ4n) is 0. The molecular weight excluding hydrogens is 93.6 g/mol. The lowest BCUT2D eigenvalue weighted by molar-refractivity contribution is -0.133. The van der Waals surface area contributed by atoms with Gasteiger partial charge in [-0.05, 0) is 0 Å². The summed E-state index contributed by atoms with van der Waals surface area (Å²) in [6.07, 6.45) is 0. The second-order valence-corrected chi connectivity index (χ2v) is 1.77. The maximum atomic E-state index is 8.40. The van der Waals surface area contributed by atoms with Crippen LogP contribution in [0.15, 0.2) is 0 Å². The quantitative estimate of drug-likeness (QED) is 0.235. The van der Waals surface area contributed by atoms with Crippen molar-refractivity contribution in [2.75, 3.05) is 0 Å². The first-order valence-electron chi connectivity index (χ1n) is 2.07. The summed E-state index contributed by atoms with van der Waals surface area (Å²) < 4.78 is 0. The van der Waals surface area contributed by atoms with Gasteiger partial charge in [0.25, 0.3) is 0 Å². The van der Waals surface area contributed by atoms with Crippen LogP contribution in [0.25, 0.3) is 0 Å². The van der Waals surface area contributed by atoms with Gasteiger partial charge in [0.05, 0.1) is 6.00 Å². The van der Waals surface area contributed by atoms with Gasteiger partial charge >= 0.3 is 0 Å². The highest BCUT2D eigenvalue weighted by Gasteiger charge is 2.20. The Hall–Kier alpha value is 0.00987. The normalized spacial score (nSPS) is 16.4. The Kier molecular flexibility index (Phi) is 1.86. The Morgan fingerprint density at radius 3 is 1.57 bits per heavy atom. The van der Waals surface area contributed by atoms with Crippen molar-refractivity contribution >= 4 is 15.7 Å². The minimum absolute atomic E-state index is 1.09. The molecule has 0 spiro atoms.